The van der Waals surface area contributed by atoms with Gasteiger partial charge in [-0.3, -0.25) is 0 Å². The maximum Gasteiger partial charge on any atom is 0.0975 e. The van der Waals surface area contributed by atoms with Gasteiger partial charge in [-0.25, -0.2) is 4.98 Å². The van der Waals surface area contributed by atoms with E-state index in [2.05, 4.69) is 43.6 Å². The summed E-state index contributed by atoms with van der Waals surface area (Å²) >= 11 is 1.89. The van der Waals surface area contributed by atoms with E-state index in [-0.39, 0.29) is 0 Å². The first-order chi connectivity index (χ1) is 9.26. The summed E-state index contributed by atoms with van der Waals surface area (Å²) in [4.78, 5) is 6.31. The minimum Gasteiger partial charge on any atom is -0.312 e. The van der Waals surface area contributed by atoms with Crippen molar-refractivity contribution < 1.29 is 0 Å². The third kappa shape index (κ3) is 2.72. The molecule has 100 valence electrons. The second kappa shape index (κ2) is 5.43. The average molecular weight is 272 g/mol. The van der Waals surface area contributed by atoms with Gasteiger partial charge in [0.25, 0.3) is 0 Å². The minimum absolute atomic E-state index is 0.521. The molecule has 2 nitrogen and oxygen atoms in total. The van der Waals surface area contributed by atoms with Crippen molar-refractivity contribution in [2.24, 2.45) is 0 Å². The molecule has 1 aliphatic carbocycles. The molecule has 3 rings (SSSR count). The number of benzene rings is 1. The SMILES string of the molecule is CNC1CCCc2nc(Cc3ccc(C)cc3)sc21. The van der Waals surface area contributed by atoms with E-state index in [4.69, 9.17) is 4.98 Å². The predicted molar refractivity (Wildman–Crippen MR) is 80.8 cm³/mol. The Morgan fingerprint density at radius 1 is 1.32 bits per heavy atom. The molecule has 1 heterocycles. The lowest BCUT2D eigenvalue weighted by atomic mass is 9.98. The molecule has 3 heteroatoms. The maximum atomic E-state index is 4.85. The van der Waals surface area contributed by atoms with Crippen molar-refractivity contribution in [1.29, 1.82) is 0 Å². The van der Waals surface area contributed by atoms with Crippen LogP contribution in [0, 0.1) is 6.92 Å². The summed E-state index contributed by atoms with van der Waals surface area (Å²) in [5.41, 5.74) is 4.01. The van der Waals surface area contributed by atoms with Gasteiger partial charge in [0.15, 0.2) is 0 Å². The van der Waals surface area contributed by atoms with Crippen LogP contribution in [0.4, 0.5) is 0 Å². The second-order valence-electron chi connectivity index (χ2n) is 5.31. The van der Waals surface area contributed by atoms with Crippen LogP contribution in [0.25, 0.3) is 0 Å². The van der Waals surface area contributed by atoms with Gasteiger partial charge in [-0.1, -0.05) is 29.8 Å². The molecule has 1 aromatic heterocycles. The van der Waals surface area contributed by atoms with Gasteiger partial charge in [0, 0.05) is 17.3 Å². The van der Waals surface area contributed by atoms with Crippen LogP contribution in [-0.4, -0.2) is 12.0 Å². The standard InChI is InChI=1S/C16H20N2S/c1-11-6-8-12(9-7-11)10-15-18-14-5-3-4-13(17-2)16(14)19-15/h6-9,13,17H,3-5,10H2,1-2H3. The van der Waals surface area contributed by atoms with Crippen LogP contribution in [-0.2, 0) is 12.8 Å². The normalized spacial score (nSPS) is 18.3. The van der Waals surface area contributed by atoms with Gasteiger partial charge in [-0.2, -0.15) is 0 Å². The van der Waals surface area contributed by atoms with E-state index in [9.17, 15) is 0 Å². The summed E-state index contributed by atoms with van der Waals surface area (Å²) in [5, 5.41) is 4.68. The lowest BCUT2D eigenvalue weighted by Crippen LogP contribution is -2.19. The highest BCUT2D eigenvalue weighted by Crippen LogP contribution is 2.34. The molecule has 1 unspecified atom stereocenters. The molecule has 19 heavy (non-hydrogen) atoms. The highest BCUT2D eigenvalue weighted by molar-refractivity contribution is 7.11. The van der Waals surface area contributed by atoms with Crippen molar-refractivity contribution in [3.63, 3.8) is 0 Å². The quantitative estimate of drug-likeness (QED) is 0.922. The maximum absolute atomic E-state index is 4.85. The van der Waals surface area contributed by atoms with Crippen molar-refractivity contribution in [3.05, 3.63) is 51.0 Å². The van der Waals surface area contributed by atoms with Gasteiger partial charge in [0.2, 0.25) is 0 Å². The Bertz CT molecular complexity index is 557. The van der Waals surface area contributed by atoms with E-state index >= 15 is 0 Å². The van der Waals surface area contributed by atoms with E-state index < -0.39 is 0 Å². The Labute approximate surface area is 118 Å². The van der Waals surface area contributed by atoms with Gasteiger partial charge in [0.1, 0.15) is 0 Å². The average Bonchev–Trinajstić information content (AvgIpc) is 2.83. The Morgan fingerprint density at radius 2 is 2.11 bits per heavy atom. The number of nitrogens with zero attached hydrogens (tertiary/aromatic N) is 1. The highest BCUT2D eigenvalue weighted by atomic mass is 32.1. The molecular weight excluding hydrogens is 252 g/mol. The fourth-order valence-electron chi connectivity index (χ4n) is 2.70. The number of rotatable bonds is 3. The smallest absolute Gasteiger partial charge is 0.0975 e. The zero-order valence-corrected chi connectivity index (χ0v) is 12.4. The lowest BCUT2D eigenvalue weighted by Gasteiger charge is -2.20. The molecule has 0 spiro atoms. The largest absolute Gasteiger partial charge is 0.312 e. The monoisotopic (exact) mass is 272 g/mol. The Balaban J connectivity index is 1.82. The number of thiazole rings is 1. The van der Waals surface area contributed by atoms with Crippen LogP contribution >= 0.6 is 11.3 Å². The third-order valence-corrected chi connectivity index (χ3v) is 5.03. The van der Waals surface area contributed by atoms with Crippen LogP contribution in [0.15, 0.2) is 24.3 Å². The molecular formula is C16H20N2S. The van der Waals surface area contributed by atoms with Crippen LogP contribution < -0.4 is 5.32 Å². The number of hydrogen-bond acceptors (Lipinski definition) is 3. The molecule has 0 saturated carbocycles. The van der Waals surface area contributed by atoms with Crippen LogP contribution in [0.5, 0.6) is 0 Å². The fraction of sp³-hybridized carbons (Fsp3) is 0.438. The van der Waals surface area contributed by atoms with E-state index in [1.54, 1.807) is 0 Å². The Kier molecular flexibility index (Phi) is 3.67. The summed E-state index contributed by atoms with van der Waals surface area (Å²) in [6.07, 6.45) is 4.62. The molecule has 0 radical (unpaired) electrons. The number of aromatic nitrogens is 1. The van der Waals surface area contributed by atoms with Crippen LogP contribution in [0.2, 0.25) is 0 Å². The fourth-order valence-corrected chi connectivity index (χ4v) is 3.99. The summed E-state index contributed by atoms with van der Waals surface area (Å²) in [6, 6.07) is 9.31. The van der Waals surface area contributed by atoms with Crippen molar-refractivity contribution in [2.45, 2.75) is 38.6 Å². The van der Waals surface area contributed by atoms with E-state index in [0.717, 1.165) is 12.8 Å². The summed E-state index contributed by atoms with van der Waals surface area (Å²) in [6.45, 7) is 2.13. The molecule has 0 saturated heterocycles. The summed E-state index contributed by atoms with van der Waals surface area (Å²) in [7, 11) is 2.05. The predicted octanol–water partition coefficient (Wildman–Crippen LogP) is 3.64. The molecule has 1 aromatic carbocycles. The first kappa shape index (κ1) is 12.8. The van der Waals surface area contributed by atoms with Gasteiger partial charge < -0.3 is 5.32 Å². The molecule has 0 fully saturated rings. The van der Waals surface area contributed by atoms with Gasteiger partial charge in [-0.05, 0) is 38.8 Å². The van der Waals surface area contributed by atoms with E-state index in [1.807, 2.05) is 11.3 Å². The van der Waals surface area contributed by atoms with E-state index in [0.29, 0.717) is 6.04 Å². The van der Waals surface area contributed by atoms with E-state index in [1.165, 1.54) is 39.5 Å². The van der Waals surface area contributed by atoms with Crippen molar-refractivity contribution >= 4 is 11.3 Å². The molecule has 0 amide bonds. The molecule has 1 atom stereocenters. The topological polar surface area (TPSA) is 24.9 Å². The number of aryl methyl sites for hydroxylation is 2. The minimum atomic E-state index is 0.521. The number of hydrogen-bond donors (Lipinski definition) is 1. The first-order valence-electron chi connectivity index (χ1n) is 6.97. The van der Waals surface area contributed by atoms with Crippen LogP contribution in [0.1, 0.15) is 45.6 Å². The molecule has 0 aliphatic heterocycles. The van der Waals surface area contributed by atoms with Gasteiger partial charge in [-0.15, -0.1) is 11.3 Å². The van der Waals surface area contributed by atoms with Crippen molar-refractivity contribution in [3.8, 4) is 0 Å². The molecule has 0 bridgehead atoms. The Morgan fingerprint density at radius 3 is 2.84 bits per heavy atom. The first-order valence-corrected chi connectivity index (χ1v) is 7.79. The lowest BCUT2D eigenvalue weighted by molar-refractivity contribution is 0.501. The van der Waals surface area contributed by atoms with Crippen molar-refractivity contribution in [2.75, 3.05) is 7.05 Å². The molecule has 2 aromatic rings. The second-order valence-corrected chi connectivity index (χ2v) is 6.43. The highest BCUT2D eigenvalue weighted by Gasteiger charge is 2.23. The zero-order valence-electron chi connectivity index (χ0n) is 11.6. The number of nitrogens with one attached hydrogen (secondary N) is 1. The van der Waals surface area contributed by atoms with Crippen LogP contribution in [0.3, 0.4) is 0 Å². The summed E-state index contributed by atoms with van der Waals surface area (Å²) < 4.78 is 0. The Hall–Kier alpha value is -1.19. The summed E-state index contributed by atoms with van der Waals surface area (Å²) in [5.74, 6) is 0. The van der Waals surface area contributed by atoms with Crippen molar-refractivity contribution in [1.82, 2.24) is 10.3 Å². The van der Waals surface area contributed by atoms with Gasteiger partial charge in [0.05, 0.1) is 10.7 Å². The molecule has 1 aliphatic rings. The van der Waals surface area contributed by atoms with Gasteiger partial charge >= 0.3 is 0 Å². The molecule has 1 N–H and O–H groups in total. The third-order valence-electron chi connectivity index (χ3n) is 3.82. The number of fused-ring (bicyclic) bond motifs is 1. The zero-order chi connectivity index (χ0) is 13.2.